The van der Waals surface area contributed by atoms with Gasteiger partial charge in [0.1, 0.15) is 11.2 Å². The number of para-hydroxylation sites is 1. The summed E-state index contributed by atoms with van der Waals surface area (Å²) >= 11 is 0. The number of nitrogens with zero attached hydrogens (tertiary/aromatic N) is 3. The van der Waals surface area contributed by atoms with Crippen LogP contribution in [0.1, 0.15) is 0 Å². The fourth-order valence-electron chi connectivity index (χ4n) is 9.07. The van der Waals surface area contributed by atoms with Crippen molar-refractivity contribution < 1.29 is 4.42 Å². The molecule has 0 N–H and O–H groups in total. The van der Waals surface area contributed by atoms with Gasteiger partial charge in [-0.25, -0.2) is 15.0 Å². The molecule has 0 unspecified atom stereocenters. The van der Waals surface area contributed by atoms with E-state index in [4.69, 9.17) is 19.4 Å². The number of fused-ring (bicyclic) bond motifs is 4. The third kappa shape index (κ3) is 7.13. The molecule has 12 aromatic rings. The van der Waals surface area contributed by atoms with Gasteiger partial charge in [-0.15, -0.1) is 0 Å². The lowest BCUT2D eigenvalue weighted by atomic mass is 9.97. The quantitative estimate of drug-likeness (QED) is 0.153. The van der Waals surface area contributed by atoms with E-state index >= 15 is 0 Å². The van der Waals surface area contributed by atoms with Crippen molar-refractivity contribution >= 4 is 32.7 Å². The van der Waals surface area contributed by atoms with Crippen molar-refractivity contribution in [2.45, 2.75) is 0 Å². The highest BCUT2D eigenvalue weighted by Crippen LogP contribution is 2.41. The molecule has 0 saturated heterocycles. The number of aromatic nitrogens is 3. The van der Waals surface area contributed by atoms with E-state index in [1.54, 1.807) is 0 Å². The summed E-state index contributed by atoms with van der Waals surface area (Å²) in [4.78, 5) is 15.8. The van der Waals surface area contributed by atoms with Crippen LogP contribution in [0.3, 0.4) is 0 Å². The van der Waals surface area contributed by atoms with Gasteiger partial charge in [-0.3, -0.25) is 0 Å². The van der Waals surface area contributed by atoms with E-state index in [1.807, 2.05) is 30.3 Å². The number of hydrogen-bond donors (Lipinski definition) is 0. The maximum absolute atomic E-state index is 6.77. The zero-order chi connectivity index (χ0) is 43.1. The topological polar surface area (TPSA) is 51.8 Å². The van der Waals surface area contributed by atoms with Crippen molar-refractivity contribution in [1.82, 2.24) is 15.0 Å². The Balaban J connectivity index is 0.985. The molecule has 0 amide bonds. The van der Waals surface area contributed by atoms with E-state index in [2.05, 4.69) is 206 Å². The number of rotatable bonds is 8. The molecule has 0 bridgehead atoms. The minimum Gasteiger partial charge on any atom is -0.455 e. The van der Waals surface area contributed by atoms with E-state index in [0.29, 0.717) is 17.5 Å². The lowest BCUT2D eigenvalue weighted by Gasteiger charge is -2.12. The standard InChI is InChI=1S/C61H39N3O/c1-4-13-40(14-5-1)43-25-27-45(28-26-43)46-31-35-48(36-32-46)59-62-60(53-21-10-19-50-39-49(37-38-51(50)53)42-17-8-3-9-18-42)64-61(63-59)55-23-12-24-56-57(55)54-22-11-20-52(58(54)65-56)47-33-29-44(30-34-47)41-15-6-2-7-16-41/h1-39H. The summed E-state index contributed by atoms with van der Waals surface area (Å²) < 4.78 is 6.77. The molecule has 0 aliphatic heterocycles. The largest absolute Gasteiger partial charge is 0.455 e. The van der Waals surface area contributed by atoms with E-state index < -0.39 is 0 Å². The maximum atomic E-state index is 6.77. The summed E-state index contributed by atoms with van der Waals surface area (Å²) in [5.41, 5.74) is 15.8. The predicted octanol–water partition coefficient (Wildman–Crippen LogP) is 16.3. The number of hydrogen-bond acceptors (Lipinski definition) is 4. The van der Waals surface area contributed by atoms with Gasteiger partial charge in [-0.1, -0.05) is 224 Å². The molecule has 65 heavy (non-hydrogen) atoms. The average molecular weight is 830 g/mol. The molecule has 2 aromatic heterocycles. The molecule has 0 fully saturated rings. The van der Waals surface area contributed by atoms with Crippen LogP contribution in [-0.2, 0) is 0 Å². The summed E-state index contributed by atoms with van der Waals surface area (Å²) in [6.07, 6.45) is 0. The third-order valence-electron chi connectivity index (χ3n) is 12.4. The molecule has 0 aliphatic carbocycles. The first-order chi connectivity index (χ1) is 32.2. The van der Waals surface area contributed by atoms with Crippen LogP contribution >= 0.6 is 0 Å². The van der Waals surface area contributed by atoms with Crippen LogP contribution in [-0.4, -0.2) is 15.0 Å². The highest BCUT2D eigenvalue weighted by Gasteiger charge is 2.20. The van der Waals surface area contributed by atoms with Crippen LogP contribution in [0.25, 0.3) is 123 Å². The lowest BCUT2D eigenvalue weighted by molar-refractivity contribution is 0.670. The fraction of sp³-hybridized carbons (Fsp3) is 0. The van der Waals surface area contributed by atoms with Gasteiger partial charge in [0.2, 0.25) is 0 Å². The van der Waals surface area contributed by atoms with E-state index in [-0.39, 0.29) is 0 Å². The Bertz CT molecular complexity index is 3660. The van der Waals surface area contributed by atoms with Crippen LogP contribution in [0.5, 0.6) is 0 Å². The SMILES string of the molecule is c1ccc(-c2ccc(-c3ccc(-c4nc(-c5cccc6cc(-c7ccccc7)ccc56)nc(-c5cccc6oc7c(-c8ccc(-c9ccccc9)cc8)cccc7c56)n4)cc3)cc2)cc1. The molecule has 0 aliphatic rings. The summed E-state index contributed by atoms with van der Waals surface area (Å²) in [5.74, 6) is 1.78. The molecule has 2 heterocycles. The summed E-state index contributed by atoms with van der Waals surface area (Å²) in [5, 5.41) is 4.15. The first-order valence-corrected chi connectivity index (χ1v) is 21.9. The summed E-state index contributed by atoms with van der Waals surface area (Å²) in [6.45, 7) is 0. The van der Waals surface area contributed by atoms with Gasteiger partial charge in [0.05, 0.1) is 0 Å². The van der Waals surface area contributed by atoms with E-state index in [0.717, 1.165) is 77.2 Å². The Labute approximate surface area is 376 Å². The molecule has 4 nitrogen and oxygen atoms in total. The van der Waals surface area contributed by atoms with Crippen molar-refractivity contribution in [2.24, 2.45) is 0 Å². The van der Waals surface area contributed by atoms with Gasteiger partial charge in [0.15, 0.2) is 17.5 Å². The zero-order valence-corrected chi connectivity index (χ0v) is 35.3. The first-order valence-electron chi connectivity index (χ1n) is 21.9. The van der Waals surface area contributed by atoms with Crippen molar-refractivity contribution in [3.05, 3.63) is 237 Å². The number of furan rings is 1. The van der Waals surface area contributed by atoms with Gasteiger partial charge in [0, 0.05) is 33.0 Å². The second kappa shape index (κ2) is 16.2. The molecule has 4 heteroatoms. The Hall–Kier alpha value is -8.73. The summed E-state index contributed by atoms with van der Waals surface area (Å²) in [7, 11) is 0. The maximum Gasteiger partial charge on any atom is 0.164 e. The normalized spacial score (nSPS) is 11.4. The van der Waals surface area contributed by atoms with Crippen LogP contribution < -0.4 is 0 Å². The monoisotopic (exact) mass is 829 g/mol. The smallest absolute Gasteiger partial charge is 0.164 e. The van der Waals surface area contributed by atoms with Crippen molar-refractivity contribution in [1.29, 1.82) is 0 Å². The molecule has 0 atom stereocenters. The van der Waals surface area contributed by atoms with Crippen LogP contribution in [0.15, 0.2) is 241 Å². The van der Waals surface area contributed by atoms with Crippen LogP contribution in [0, 0.1) is 0 Å². The second-order valence-electron chi connectivity index (χ2n) is 16.3. The Morgan fingerprint density at radius 2 is 0.692 bits per heavy atom. The van der Waals surface area contributed by atoms with Crippen molar-refractivity contribution in [3.8, 4) is 89.8 Å². The highest BCUT2D eigenvalue weighted by molar-refractivity contribution is 6.15. The van der Waals surface area contributed by atoms with E-state index in [1.165, 1.54) is 27.8 Å². The Morgan fingerprint density at radius 1 is 0.262 bits per heavy atom. The fourth-order valence-corrected chi connectivity index (χ4v) is 9.07. The molecular formula is C61H39N3O. The first kappa shape index (κ1) is 38.0. The molecule has 0 saturated carbocycles. The molecule has 10 aromatic carbocycles. The van der Waals surface area contributed by atoms with Crippen molar-refractivity contribution in [2.75, 3.05) is 0 Å². The lowest BCUT2D eigenvalue weighted by Crippen LogP contribution is -2.01. The minimum absolute atomic E-state index is 0.578. The predicted molar refractivity (Wildman–Crippen MR) is 268 cm³/mol. The zero-order valence-electron chi connectivity index (χ0n) is 35.3. The van der Waals surface area contributed by atoms with Crippen LogP contribution in [0.4, 0.5) is 0 Å². The average Bonchev–Trinajstić information content (AvgIpc) is 3.79. The molecule has 0 radical (unpaired) electrons. The van der Waals surface area contributed by atoms with Gasteiger partial charge in [-0.2, -0.15) is 0 Å². The van der Waals surface area contributed by atoms with E-state index in [9.17, 15) is 0 Å². The van der Waals surface area contributed by atoms with Gasteiger partial charge in [0.25, 0.3) is 0 Å². The summed E-state index contributed by atoms with van der Waals surface area (Å²) in [6, 6.07) is 82.9. The second-order valence-corrected chi connectivity index (χ2v) is 16.3. The third-order valence-corrected chi connectivity index (χ3v) is 12.4. The Morgan fingerprint density at radius 3 is 1.29 bits per heavy atom. The van der Waals surface area contributed by atoms with Gasteiger partial charge in [-0.05, 0) is 73.0 Å². The van der Waals surface area contributed by atoms with Gasteiger partial charge < -0.3 is 4.42 Å². The molecular weight excluding hydrogens is 791 g/mol. The molecule has 304 valence electrons. The van der Waals surface area contributed by atoms with Crippen molar-refractivity contribution in [3.63, 3.8) is 0 Å². The molecule has 12 rings (SSSR count). The van der Waals surface area contributed by atoms with Crippen LogP contribution in [0.2, 0.25) is 0 Å². The highest BCUT2D eigenvalue weighted by atomic mass is 16.3. The Kier molecular flexibility index (Phi) is 9.46. The number of benzene rings is 10. The molecule has 0 spiro atoms. The minimum atomic E-state index is 0.578. The van der Waals surface area contributed by atoms with Gasteiger partial charge >= 0.3 is 0 Å².